The van der Waals surface area contributed by atoms with Crippen LogP contribution in [0, 0.1) is 0 Å². The number of hydrogen-bond donors (Lipinski definition) is 0. The topological polar surface area (TPSA) is 38.8 Å². The molecule has 0 bridgehead atoms. The molecule has 0 N–H and O–H groups in total. The maximum atomic E-state index is 12.2. The minimum Gasteiger partial charge on any atom is -0.497 e. The quantitative estimate of drug-likeness (QED) is 0.835. The third kappa shape index (κ3) is 2.49. The van der Waals surface area contributed by atoms with Crippen molar-refractivity contribution in [1.82, 2.24) is 4.90 Å². The maximum absolute atomic E-state index is 12.2. The van der Waals surface area contributed by atoms with Gasteiger partial charge in [0.15, 0.2) is 6.23 Å². The second-order valence-corrected chi connectivity index (χ2v) is 4.68. The van der Waals surface area contributed by atoms with Crippen LogP contribution >= 0.6 is 0 Å². The van der Waals surface area contributed by atoms with Crippen molar-refractivity contribution in [2.45, 2.75) is 26.6 Å². The molecule has 1 aromatic carbocycles. The third-order valence-electron chi connectivity index (χ3n) is 3.56. The maximum Gasteiger partial charge on any atom is 0.252 e. The highest BCUT2D eigenvalue weighted by molar-refractivity contribution is 5.96. The van der Waals surface area contributed by atoms with E-state index >= 15 is 0 Å². The smallest absolute Gasteiger partial charge is 0.252 e. The van der Waals surface area contributed by atoms with E-state index < -0.39 is 0 Å². The molecule has 1 aliphatic heterocycles. The Hall–Kier alpha value is -1.81. The predicted octanol–water partition coefficient (Wildman–Crippen LogP) is 2.35. The third-order valence-corrected chi connectivity index (χ3v) is 3.56. The Balaban J connectivity index is 2.16. The summed E-state index contributed by atoms with van der Waals surface area (Å²) in [5.41, 5.74) is 2.82. The Morgan fingerprint density at radius 1 is 1.16 bits per heavy atom. The van der Waals surface area contributed by atoms with E-state index in [0.29, 0.717) is 6.54 Å². The minimum absolute atomic E-state index is 0.0418. The lowest BCUT2D eigenvalue weighted by Gasteiger charge is -2.25. The zero-order valence-electron chi connectivity index (χ0n) is 11.8. The number of nitrogens with zero attached hydrogens (tertiary/aromatic N) is 1. The normalized spacial score (nSPS) is 19.3. The molecule has 1 atom stereocenters. The summed E-state index contributed by atoms with van der Waals surface area (Å²) in [6.45, 7) is 4.32. The minimum atomic E-state index is -0.255. The van der Waals surface area contributed by atoms with Crippen LogP contribution in [0.25, 0.3) is 0 Å². The molecule has 0 aliphatic carbocycles. The lowest BCUT2D eigenvalue weighted by Crippen LogP contribution is -2.36. The van der Waals surface area contributed by atoms with Gasteiger partial charge in [-0.15, -0.1) is 0 Å². The van der Waals surface area contributed by atoms with Gasteiger partial charge in [0.1, 0.15) is 5.75 Å². The zero-order valence-corrected chi connectivity index (χ0v) is 11.8. The number of amides is 1. The number of carbonyl (C=O) groups is 1. The number of ether oxygens (including phenoxy) is 2. The van der Waals surface area contributed by atoms with Crippen molar-refractivity contribution in [3.63, 3.8) is 0 Å². The van der Waals surface area contributed by atoms with E-state index in [-0.39, 0.29) is 12.1 Å². The first-order chi connectivity index (χ1) is 9.08. The number of rotatable bonds is 4. The SMILES string of the molecule is COc1ccc(CN2C(=O)C(C)=C(C)[C@@H]2OC)cc1. The standard InChI is InChI=1S/C15H19NO3/c1-10-11(2)15(19-4)16(14(10)17)9-12-5-7-13(18-3)8-6-12/h5-8,15H,9H2,1-4H3/t15-/m0/s1. The Bertz CT molecular complexity index is 505. The molecule has 0 spiro atoms. The Morgan fingerprint density at radius 3 is 2.32 bits per heavy atom. The Kier molecular flexibility index (Phi) is 3.90. The summed E-state index contributed by atoms with van der Waals surface area (Å²) in [5, 5.41) is 0. The van der Waals surface area contributed by atoms with Crippen LogP contribution in [0.2, 0.25) is 0 Å². The summed E-state index contributed by atoms with van der Waals surface area (Å²) in [4.78, 5) is 13.9. The van der Waals surface area contributed by atoms with Crippen LogP contribution in [0.3, 0.4) is 0 Å². The monoisotopic (exact) mass is 261 g/mol. The van der Waals surface area contributed by atoms with Gasteiger partial charge >= 0.3 is 0 Å². The fourth-order valence-electron chi connectivity index (χ4n) is 2.30. The molecule has 102 valence electrons. The highest BCUT2D eigenvalue weighted by Crippen LogP contribution is 2.27. The second kappa shape index (κ2) is 5.45. The molecule has 1 aromatic rings. The van der Waals surface area contributed by atoms with Crippen molar-refractivity contribution in [2.24, 2.45) is 0 Å². The fourth-order valence-corrected chi connectivity index (χ4v) is 2.30. The van der Waals surface area contributed by atoms with Gasteiger partial charge in [-0.2, -0.15) is 0 Å². The van der Waals surface area contributed by atoms with Crippen LogP contribution in [0.15, 0.2) is 35.4 Å². The summed E-state index contributed by atoms with van der Waals surface area (Å²) in [6, 6.07) is 7.71. The molecule has 1 heterocycles. The largest absolute Gasteiger partial charge is 0.497 e. The first-order valence-corrected chi connectivity index (χ1v) is 6.22. The molecule has 0 radical (unpaired) electrons. The molecule has 1 aliphatic rings. The van der Waals surface area contributed by atoms with Crippen LogP contribution < -0.4 is 4.74 Å². The summed E-state index contributed by atoms with van der Waals surface area (Å²) in [5.74, 6) is 0.852. The molecule has 0 saturated heterocycles. The molecule has 4 heteroatoms. The Labute approximate surface area is 113 Å². The van der Waals surface area contributed by atoms with Crippen LogP contribution in [-0.2, 0) is 16.1 Å². The lowest BCUT2D eigenvalue weighted by atomic mass is 10.2. The van der Waals surface area contributed by atoms with Crippen molar-refractivity contribution >= 4 is 5.91 Å². The Morgan fingerprint density at radius 2 is 1.79 bits per heavy atom. The van der Waals surface area contributed by atoms with E-state index in [4.69, 9.17) is 9.47 Å². The molecular weight excluding hydrogens is 242 g/mol. The van der Waals surface area contributed by atoms with Gasteiger partial charge in [0.2, 0.25) is 0 Å². The van der Waals surface area contributed by atoms with Gasteiger partial charge < -0.3 is 14.4 Å². The van der Waals surface area contributed by atoms with Crippen LogP contribution in [0.1, 0.15) is 19.4 Å². The van der Waals surface area contributed by atoms with Gasteiger partial charge in [-0.25, -0.2) is 0 Å². The van der Waals surface area contributed by atoms with Crippen molar-refractivity contribution < 1.29 is 14.3 Å². The van der Waals surface area contributed by atoms with Crippen LogP contribution in [0.5, 0.6) is 5.75 Å². The molecule has 0 fully saturated rings. The van der Waals surface area contributed by atoms with Gasteiger partial charge in [-0.05, 0) is 37.1 Å². The summed E-state index contributed by atoms with van der Waals surface area (Å²) in [6.07, 6.45) is -0.255. The second-order valence-electron chi connectivity index (χ2n) is 4.68. The average Bonchev–Trinajstić information content (AvgIpc) is 2.64. The first kappa shape index (κ1) is 13.6. The van der Waals surface area contributed by atoms with E-state index in [1.807, 2.05) is 38.1 Å². The molecule has 0 aromatic heterocycles. The molecule has 2 rings (SSSR count). The van der Waals surface area contributed by atoms with Crippen molar-refractivity contribution in [3.05, 3.63) is 41.0 Å². The average molecular weight is 261 g/mol. The van der Waals surface area contributed by atoms with Crippen molar-refractivity contribution in [3.8, 4) is 5.75 Å². The van der Waals surface area contributed by atoms with E-state index in [0.717, 1.165) is 22.5 Å². The van der Waals surface area contributed by atoms with Crippen molar-refractivity contribution in [1.29, 1.82) is 0 Å². The van der Waals surface area contributed by atoms with Gasteiger partial charge in [-0.1, -0.05) is 12.1 Å². The zero-order chi connectivity index (χ0) is 14.0. The highest BCUT2D eigenvalue weighted by atomic mass is 16.5. The lowest BCUT2D eigenvalue weighted by molar-refractivity contribution is -0.134. The summed E-state index contributed by atoms with van der Waals surface area (Å²) in [7, 11) is 3.26. The van der Waals surface area contributed by atoms with Gasteiger partial charge in [0, 0.05) is 19.2 Å². The molecule has 0 unspecified atom stereocenters. The van der Waals surface area contributed by atoms with Gasteiger partial charge in [-0.3, -0.25) is 4.79 Å². The van der Waals surface area contributed by atoms with Crippen LogP contribution in [-0.4, -0.2) is 31.3 Å². The highest BCUT2D eigenvalue weighted by Gasteiger charge is 2.34. The fraction of sp³-hybridized carbons (Fsp3) is 0.400. The van der Waals surface area contributed by atoms with E-state index in [9.17, 15) is 4.79 Å². The first-order valence-electron chi connectivity index (χ1n) is 6.22. The van der Waals surface area contributed by atoms with E-state index in [1.54, 1.807) is 19.1 Å². The number of methoxy groups -OCH3 is 2. The van der Waals surface area contributed by atoms with Crippen LogP contribution in [0.4, 0.5) is 0 Å². The number of carbonyl (C=O) groups excluding carboxylic acids is 1. The molecule has 0 saturated carbocycles. The number of benzene rings is 1. The molecule has 1 amide bonds. The summed E-state index contributed by atoms with van der Waals surface area (Å²) >= 11 is 0. The number of hydrogen-bond acceptors (Lipinski definition) is 3. The van der Waals surface area contributed by atoms with E-state index in [2.05, 4.69) is 0 Å². The molecule has 4 nitrogen and oxygen atoms in total. The summed E-state index contributed by atoms with van der Waals surface area (Å²) < 4.78 is 10.5. The van der Waals surface area contributed by atoms with Gasteiger partial charge in [0.25, 0.3) is 5.91 Å². The predicted molar refractivity (Wildman–Crippen MR) is 72.7 cm³/mol. The van der Waals surface area contributed by atoms with E-state index in [1.165, 1.54) is 0 Å². The van der Waals surface area contributed by atoms with Crippen molar-refractivity contribution in [2.75, 3.05) is 14.2 Å². The van der Waals surface area contributed by atoms with Gasteiger partial charge in [0.05, 0.1) is 7.11 Å². The molecular formula is C15H19NO3. The molecule has 19 heavy (non-hydrogen) atoms.